The summed E-state index contributed by atoms with van der Waals surface area (Å²) in [7, 11) is 0. The van der Waals surface area contributed by atoms with E-state index in [9.17, 15) is 13.6 Å². The van der Waals surface area contributed by atoms with Gasteiger partial charge in [0.1, 0.15) is 18.2 Å². The van der Waals surface area contributed by atoms with Gasteiger partial charge in [0.2, 0.25) is 0 Å². The molecule has 0 aliphatic carbocycles. The zero-order valence-corrected chi connectivity index (χ0v) is 17.4. The highest BCUT2D eigenvalue weighted by atomic mass is 35.5. The van der Waals surface area contributed by atoms with Crippen LogP contribution >= 0.6 is 11.6 Å². The molecule has 4 aromatic rings. The van der Waals surface area contributed by atoms with Crippen molar-refractivity contribution in [2.75, 3.05) is 5.32 Å². The number of hydrogen-bond acceptors (Lipinski definition) is 4. The first kappa shape index (κ1) is 21.6. The molecule has 0 bridgehead atoms. The number of carbonyl (C=O) groups is 1. The van der Waals surface area contributed by atoms with Gasteiger partial charge >= 0.3 is 0 Å². The molecular formula is C22H16ClF3N4O2. The Morgan fingerprint density at radius 2 is 2.00 bits per heavy atom. The molecule has 0 radical (unpaired) electrons. The Kier molecular flexibility index (Phi) is 6.00. The molecule has 164 valence electrons. The van der Waals surface area contributed by atoms with Crippen LogP contribution in [0.2, 0.25) is 5.02 Å². The molecule has 0 spiro atoms. The first-order valence-corrected chi connectivity index (χ1v) is 9.94. The van der Waals surface area contributed by atoms with Gasteiger partial charge in [-0.15, -0.1) is 0 Å². The third kappa shape index (κ3) is 4.24. The van der Waals surface area contributed by atoms with Crippen molar-refractivity contribution in [2.45, 2.75) is 20.0 Å². The summed E-state index contributed by atoms with van der Waals surface area (Å²) in [5.41, 5.74) is 1.25. The molecule has 0 fully saturated rings. The number of fused-ring (bicyclic) bond motifs is 1. The van der Waals surface area contributed by atoms with Crippen molar-refractivity contribution in [1.29, 1.82) is 0 Å². The first-order chi connectivity index (χ1) is 15.4. The summed E-state index contributed by atoms with van der Waals surface area (Å²) in [6.07, 6.45) is 2.08. The van der Waals surface area contributed by atoms with Crippen LogP contribution in [0.1, 0.15) is 28.5 Å². The normalized spacial score (nSPS) is 11.0. The molecule has 4 rings (SSSR count). The minimum atomic E-state index is -1.01. The van der Waals surface area contributed by atoms with Crippen molar-refractivity contribution in [3.63, 3.8) is 0 Å². The van der Waals surface area contributed by atoms with E-state index in [1.807, 2.05) is 6.92 Å². The lowest BCUT2D eigenvalue weighted by atomic mass is 10.1. The minimum Gasteiger partial charge on any atom is -0.486 e. The van der Waals surface area contributed by atoms with E-state index in [0.29, 0.717) is 23.8 Å². The number of pyridine rings is 1. The van der Waals surface area contributed by atoms with Crippen LogP contribution in [0, 0.1) is 17.5 Å². The highest BCUT2D eigenvalue weighted by Crippen LogP contribution is 2.29. The molecule has 0 atom stereocenters. The van der Waals surface area contributed by atoms with Gasteiger partial charge in [-0.1, -0.05) is 18.5 Å². The number of aromatic nitrogens is 3. The predicted octanol–water partition coefficient (Wildman–Crippen LogP) is 5.42. The second-order valence-corrected chi connectivity index (χ2v) is 7.27. The molecule has 0 unspecified atom stereocenters. The summed E-state index contributed by atoms with van der Waals surface area (Å²) in [6, 6.07) is 7.14. The Hall–Kier alpha value is -3.59. The summed E-state index contributed by atoms with van der Waals surface area (Å²) < 4.78 is 47.2. The number of nitrogens with zero attached hydrogens (tertiary/aromatic N) is 2. The van der Waals surface area contributed by atoms with Gasteiger partial charge in [0.15, 0.2) is 17.2 Å². The maximum absolute atomic E-state index is 15.0. The van der Waals surface area contributed by atoms with Crippen molar-refractivity contribution in [3.8, 4) is 5.75 Å². The Morgan fingerprint density at radius 3 is 2.75 bits per heavy atom. The van der Waals surface area contributed by atoms with E-state index in [1.165, 1.54) is 24.4 Å². The molecule has 0 saturated heterocycles. The number of aromatic amines is 1. The van der Waals surface area contributed by atoms with Crippen molar-refractivity contribution in [3.05, 3.63) is 81.9 Å². The van der Waals surface area contributed by atoms with E-state index in [0.717, 1.165) is 17.1 Å². The van der Waals surface area contributed by atoms with Crippen molar-refractivity contribution >= 4 is 34.2 Å². The van der Waals surface area contributed by atoms with Crippen LogP contribution in [0.4, 0.5) is 18.9 Å². The first-order valence-electron chi connectivity index (χ1n) is 9.56. The van der Waals surface area contributed by atoms with Crippen molar-refractivity contribution in [1.82, 2.24) is 15.2 Å². The Morgan fingerprint density at radius 1 is 1.19 bits per heavy atom. The molecule has 6 nitrogen and oxygen atoms in total. The maximum atomic E-state index is 15.0. The van der Waals surface area contributed by atoms with Gasteiger partial charge in [-0.3, -0.25) is 9.89 Å². The van der Waals surface area contributed by atoms with Crippen LogP contribution < -0.4 is 10.1 Å². The topological polar surface area (TPSA) is 79.9 Å². The number of carbonyl (C=O) groups excluding carboxylic acids is 1. The highest BCUT2D eigenvalue weighted by molar-refractivity contribution is 6.34. The monoisotopic (exact) mass is 460 g/mol. The molecule has 1 amide bonds. The summed E-state index contributed by atoms with van der Waals surface area (Å²) in [4.78, 5) is 16.9. The molecule has 0 aliphatic rings. The molecular weight excluding hydrogens is 445 g/mol. The highest BCUT2D eigenvalue weighted by Gasteiger charge is 2.21. The number of amides is 1. The number of hydrogen-bond donors (Lipinski definition) is 2. The Balaban J connectivity index is 1.57. The number of benzene rings is 2. The number of aryl methyl sites for hydroxylation is 1. The van der Waals surface area contributed by atoms with Crippen LogP contribution in [0.15, 0.2) is 42.6 Å². The largest absolute Gasteiger partial charge is 0.486 e. The lowest BCUT2D eigenvalue weighted by Gasteiger charge is -2.12. The van der Waals surface area contributed by atoms with Gasteiger partial charge in [-0.25, -0.2) is 18.2 Å². The fourth-order valence-corrected chi connectivity index (χ4v) is 3.36. The quantitative estimate of drug-likeness (QED) is 0.402. The average Bonchev–Trinajstić information content (AvgIpc) is 3.16. The predicted molar refractivity (Wildman–Crippen MR) is 113 cm³/mol. The van der Waals surface area contributed by atoms with Crippen LogP contribution in [0.5, 0.6) is 5.75 Å². The van der Waals surface area contributed by atoms with E-state index >= 15 is 4.39 Å². The van der Waals surface area contributed by atoms with E-state index in [-0.39, 0.29) is 22.9 Å². The van der Waals surface area contributed by atoms with Crippen LogP contribution in [0.25, 0.3) is 11.0 Å². The Bertz CT molecular complexity index is 1330. The number of halogens is 4. The van der Waals surface area contributed by atoms with Gasteiger partial charge < -0.3 is 10.1 Å². The zero-order valence-electron chi connectivity index (χ0n) is 16.7. The average molecular weight is 461 g/mol. The summed E-state index contributed by atoms with van der Waals surface area (Å²) in [5, 5.41) is 10.1. The number of rotatable bonds is 6. The van der Waals surface area contributed by atoms with E-state index in [1.54, 1.807) is 6.07 Å². The summed E-state index contributed by atoms with van der Waals surface area (Å²) >= 11 is 6.06. The van der Waals surface area contributed by atoms with E-state index in [2.05, 4.69) is 20.5 Å². The minimum absolute atomic E-state index is 0.0259. The van der Waals surface area contributed by atoms with E-state index < -0.39 is 28.9 Å². The molecule has 0 aliphatic heterocycles. The molecule has 32 heavy (non-hydrogen) atoms. The lowest BCUT2D eigenvalue weighted by molar-refractivity contribution is 0.102. The molecule has 2 heterocycles. The van der Waals surface area contributed by atoms with Gasteiger partial charge in [-0.2, -0.15) is 5.10 Å². The number of ether oxygens (including phenoxy) is 1. The third-order valence-corrected chi connectivity index (χ3v) is 5.10. The molecule has 0 saturated carbocycles. The maximum Gasteiger partial charge on any atom is 0.260 e. The second-order valence-electron chi connectivity index (χ2n) is 6.86. The Labute approximate surface area is 185 Å². The molecule has 2 aromatic carbocycles. The van der Waals surface area contributed by atoms with Gasteiger partial charge in [0.25, 0.3) is 5.91 Å². The second kappa shape index (κ2) is 8.88. The third-order valence-electron chi connectivity index (χ3n) is 4.78. The summed E-state index contributed by atoms with van der Waals surface area (Å²) in [5.74, 6) is -3.69. The van der Waals surface area contributed by atoms with Crippen LogP contribution in [-0.4, -0.2) is 21.1 Å². The van der Waals surface area contributed by atoms with Crippen molar-refractivity contribution < 1.29 is 22.7 Å². The number of nitrogens with one attached hydrogen (secondary N) is 2. The van der Waals surface area contributed by atoms with Crippen LogP contribution in [0.3, 0.4) is 0 Å². The number of H-pyrrole nitrogens is 1. The van der Waals surface area contributed by atoms with Gasteiger partial charge in [0.05, 0.1) is 22.5 Å². The molecule has 2 aromatic heterocycles. The van der Waals surface area contributed by atoms with Gasteiger partial charge in [-0.05, 0) is 36.8 Å². The van der Waals surface area contributed by atoms with Gasteiger partial charge in [0, 0.05) is 22.7 Å². The van der Waals surface area contributed by atoms with Crippen LogP contribution in [-0.2, 0) is 13.0 Å². The smallest absolute Gasteiger partial charge is 0.260 e. The molecule has 10 heteroatoms. The fourth-order valence-electron chi connectivity index (χ4n) is 3.13. The fraction of sp³-hybridized carbons (Fsp3) is 0.136. The standard InChI is InChI=1S/C22H16ClF3N4O2/c1-2-17-14-8-13(9-27-21(14)30-29-17)28-22(31)19-15(23)5-6-18(20(19)26)32-10-11-3-4-12(24)7-16(11)25/h3-9H,2,10H2,1H3,(H,28,31)(H,27,29,30). The SMILES string of the molecule is CCc1[nH]nc2ncc(NC(=O)c3c(Cl)ccc(OCc4ccc(F)cc4F)c3F)cc12. The zero-order chi connectivity index (χ0) is 22.8. The summed E-state index contributed by atoms with van der Waals surface area (Å²) in [6.45, 7) is 1.57. The van der Waals surface area contributed by atoms with E-state index in [4.69, 9.17) is 16.3 Å². The molecule has 2 N–H and O–H groups in total. The van der Waals surface area contributed by atoms with Crippen molar-refractivity contribution in [2.24, 2.45) is 0 Å². The number of anilines is 1. The lowest BCUT2D eigenvalue weighted by Crippen LogP contribution is -2.15.